The molecular formula is C7H11FO4. The predicted octanol–water partition coefficient (Wildman–Crippen LogP) is 0.752. The van der Waals surface area contributed by atoms with Crippen molar-refractivity contribution >= 4 is 11.9 Å². The molecule has 1 N–H and O–H groups in total. The van der Waals surface area contributed by atoms with Crippen LogP contribution in [0.5, 0.6) is 0 Å². The zero-order valence-electron chi connectivity index (χ0n) is 6.96. The summed E-state index contributed by atoms with van der Waals surface area (Å²) in [7, 11) is 0. The second-order valence-electron chi connectivity index (χ2n) is 2.18. The average Bonchev–Trinajstić information content (AvgIpc) is 2.03. The van der Waals surface area contributed by atoms with E-state index in [2.05, 4.69) is 4.74 Å². The summed E-state index contributed by atoms with van der Waals surface area (Å²) in [4.78, 5) is 21.1. The van der Waals surface area contributed by atoms with Crippen LogP contribution in [0, 0.1) is 0 Å². The Morgan fingerprint density at radius 3 is 2.25 bits per heavy atom. The number of carbonyl (C=O) groups is 2. The van der Waals surface area contributed by atoms with Gasteiger partial charge >= 0.3 is 17.6 Å². The molecule has 0 amide bonds. The molecule has 0 aromatic heterocycles. The lowest BCUT2D eigenvalue weighted by atomic mass is 10.0. The molecule has 0 heterocycles. The quantitative estimate of drug-likeness (QED) is 0.509. The molecule has 1 atom stereocenters. The van der Waals surface area contributed by atoms with E-state index < -0.39 is 24.0 Å². The first kappa shape index (κ1) is 10.9. The third-order valence-electron chi connectivity index (χ3n) is 1.43. The molecular weight excluding hydrogens is 167 g/mol. The number of rotatable bonds is 4. The van der Waals surface area contributed by atoms with Crippen molar-refractivity contribution in [3.05, 3.63) is 0 Å². The summed E-state index contributed by atoms with van der Waals surface area (Å²) in [6.07, 6.45) is -0.429. The molecule has 0 fully saturated rings. The number of aliphatic carboxylic acids is 1. The number of esters is 1. The van der Waals surface area contributed by atoms with Gasteiger partial charge in [0.25, 0.3) is 0 Å². The molecule has 12 heavy (non-hydrogen) atoms. The van der Waals surface area contributed by atoms with E-state index in [9.17, 15) is 14.0 Å². The Morgan fingerprint density at radius 2 is 2.00 bits per heavy atom. The number of carbonyl (C=O) groups excluding carboxylic acids is 1. The Kier molecular flexibility index (Phi) is 3.66. The smallest absolute Gasteiger partial charge is 0.355 e. The van der Waals surface area contributed by atoms with E-state index in [-0.39, 0.29) is 6.61 Å². The molecule has 5 heteroatoms. The second-order valence-corrected chi connectivity index (χ2v) is 2.18. The second kappa shape index (κ2) is 4.04. The third kappa shape index (κ3) is 1.93. The number of alkyl halides is 1. The van der Waals surface area contributed by atoms with Gasteiger partial charge in [0.05, 0.1) is 6.61 Å². The van der Waals surface area contributed by atoms with Crippen molar-refractivity contribution in [2.45, 2.75) is 25.9 Å². The summed E-state index contributed by atoms with van der Waals surface area (Å²) in [5.41, 5.74) is -2.89. The van der Waals surface area contributed by atoms with Crippen molar-refractivity contribution < 1.29 is 23.8 Å². The van der Waals surface area contributed by atoms with Gasteiger partial charge < -0.3 is 9.84 Å². The lowest BCUT2D eigenvalue weighted by Crippen LogP contribution is -2.42. The molecule has 0 radical (unpaired) electrons. The van der Waals surface area contributed by atoms with E-state index in [0.717, 1.165) is 0 Å². The Labute approximate surface area is 69.3 Å². The van der Waals surface area contributed by atoms with Crippen molar-refractivity contribution in [3.8, 4) is 0 Å². The van der Waals surface area contributed by atoms with Crippen molar-refractivity contribution in [1.82, 2.24) is 0 Å². The zero-order valence-corrected chi connectivity index (χ0v) is 6.96. The van der Waals surface area contributed by atoms with Crippen molar-refractivity contribution in [3.63, 3.8) is 0 Å². The molecule has 1 unspecified atom stereocenters. The van der Waals surface area contributed by atoms with E-state index in [0.29, 0.717) is 0 Å². The molecule has 0 rings (SSSR count). The third-order valence-corrected chi connectivity index (χ3v) is 1.43. The van der Waals surface area contributed by atoms with E-state index >= 15 is 0 Å². The van der Waals surface area contributed by atoms with Crippen LogP contribution < -0.4 is 0 Å². The predicted molar refractivity (Wildman–Crippen MR) is 38.4 cm³/mol. The van der Waals surface area contributed by atoms with Crippen molar-refractivity contribution in [1.29, 1.82) is 0 Å². The molecule has 0 spiro atoms. The number of hydrogen-bond acceptors (Lipinski definition) is 3. The lowest BCUT2D eigenvalue weighted by Gasteiger charge is -2.15. The maximum Gasteiger partial charge on any atom is 0.355 e. The van der Waals surface area contributed by atoms with Gasteiger partial charge in [0, 0.05) is 6.42 Å². The summed E-state index contributed by atoms with van der Waals surface area (Å²) >= 11 is 0. The zero-order chi connectivity index (χ0) is 9.78. The van der Waals surface area contributed by atoms with E-state index in [1.807, 2.05) is 0 Å². The SMILES string of the molecule is CCOC(=O)C(F)(CC)C(=O)O. The summed E-state index contributed by atoms with van der Waals surface area (Å²) in [5, 5.41) is 8.35. The van der Waals surface area contributed by atoms with E-state index in [1.165, 1.54) is 13.8 Å². The molecule has 0 saturated heterocycles. The Bertz CT molecular complexity index is 192. The highest BCUT2D eigenvalue weighted by atomic mass is 19.1. The van der Waals surface area contributed by atoms with Crippen LogP contribution in [0.25, 0.3) is 0 Å². The Hall–Kier alpha value is -1.13. The number of hydrogen-bond donors (Lipinski definition) is 1. The Morgan fingerprint density at radius 1 is 1.50 bits per heavy atom. The van der Waals surface area contributed by atoms with Crippen LogP contribution in [-0.4, -0.2) is 29.3 Å². The maximum absolute atomic E-state index is 13.2. The summed E-state index contributed by atoms with van der Waals surface area (Å²) in [6.45, 7) is 2.72. The van der Waals surface area contributed by atoms with Gasteiger partial charge in [-0.25, -0.2) is 14.0 Å². The minimum atomic E-state index is -2.89. The summed E-state index contributed by atoms with van der Waals surface area (Å²) in [5.74, 6) is -3.14. The minimum absolute atomic E-state index is 0.0300. The topological polar surface area (TPSA) is 63.6 Å². The van der Waals surface area contributed by atoms with Crippen LogP contribution in [0.3, 0.4) is 0 Å². The molecule has 0 aromatic rings. The molecule has 4 nitrogen and oxygen atoms in total. The highest BCUT2D eigenvalue weighted by molar-refractivity contribution is 6.02. The van der Waals surface area contributed by atoms with E-state index in [4.69, 9.17) is 5.11 Å². The minimum Gasteiger partial charge on any atom is -0.478 e. The van der Waals surface area contributed by atoms with Gasteiger partial charge in [-0.3, -0.25) is 0 Å². The number of carboxylic acid groups (broad SMARTS) is 1. The first-order chi connectivity index (χ1) is 5.49. The molecule has 70 valence electrons. The number of halogens is 1. The average molecular weight is 178 g/mol. The standard InChI is InChI=1S/C7H11FO4/c1-3-7(8,5(9)10)6(11)12-4-2/h3-4H2,1-2H3,(H,9,10). The first-order valence-corrected chi connectivity index (χ1v) is 3.58. The summed E-state index contributed by atoms with van der Waals surface area (Å²) in [6, 6.07) is 0. The number of carboxylic acids is 1. The monoisotopic (exact) mass is 178 g/mol. The van der Waals surface area contributed by atoms with Gasteiger partial charge in [0.1, 0.15) is 0 Å². The molecule has 0 aliphatic heterocycles. The first-order valence-electron chi connectivity index (χ1n) is 3.58. The van der Waals surface area contributed by atoms with Crippen LogP contribution in [0.2, 0.25) is 0 Å². The highest BCUT2D eigenvalue weighted by Gasteiger charge is 2.46. The van der Waals surface area contributed by atoms with Crippen LogP contribution in [-0.2, 0) is 14.3 Å². The van der Waals surface area contributed by atoms with Crippen molar-refractivity contribution in [2.24, 2.45) is 0 Å². The van der Waals surface area contributed by atoms with Gasteiger partial charge in [-0.05, 0) is 6.92 Å². The van der Waals surface area contributed by atoms with E-state index in [1.54, 1.807) is 0 Å². The van der Waals surface area contributed by atoms with Gasteiger partial charge in [-0.15, -0.1) is 0 Å². The fourth-order valence-electron chi connectivity index (χ4n) is 0.628. The maximum atomic E-state index is 13.2. The molecule has 0 aliphatic carbocycles. The molecule has 0 aliphatic rings. The van der Waals surface area contributed by atoms with Crippen LogP contribution >= 0.6 is 0 Å². The molecule has 0 aromatic carbocycles. The van der Waals surface area contributed by atoms with Crippen molar-refractivity contribution in [2.75, 3.05) is 6.61 Å². The van der Waals surface area contributed by atoms with Gasteiger partial charge in [-0.1, -0.05) is 6.92 Å². The van der Waals surface area contributed by atoms with Gasteiger partial charge in [0.2, 0.25) is 0 Å². The molecule has 0 bridgehead atoms. The number of ether oxygens (including phenoxy) is 1. The lowest BCUT2D eigenvalue weighted by molar-refractivity contribution is -0.171. The van der Waals surface area contributed by atoms with Gasteiger partial charge in [-0.2, -0.15) is 0 Å². The van der Waals surface area contributed by atoms with Crippen LogP contribution in [0.4, 0.5) is 4.39 Å². The van der Waals surface area contributed by atoms with Crippen LogP contribution in [0.1, 0.15) is 20.3 Å². The highest BCUT2D eigenvalue weighted by Crippen LogP contribution is 2.18. The van der Waals surface area contributed by atoms with Gasteiger partial charge in [0.15, 0.2) is 0 Å². The molecule has 0 saturated carbocycles. The van der Waals surface area contributed by atoms with Crippen LogP contribution in [0.15, 0.2) is 0 Å². The summed E-state index contributed by atoms with van der Waals surface area (Å²) < 4.78 is 17.4. The fourth-order valence-corrected chi connectivity index (χ4v) is 0.628. The Balaban J connectivity index is 4.52. The largest absolute Gasteiger partial charge is 0.478 e. The normalized spacial score (nSPS) is 14.9. The fraction of sp³-hybridized carbons (Fsp3) is 0.714.